The second-order valence-electron chi connectivity index (χ2n) is 6.67. The Balaban J connectivity index is 1.73. The third-order valence-corrected chi connectivity index (χ3v) is 4.29. The van der Waals surface area contributed by atoms with Gasteiger partial charge in [-0.2, -0.15) is 24.8 Å². The van der Waals surface area contributed by atoms with Crippen molar-refractivity contribution >= 4 is 46.5 Å². The van der Waals surface area contributed by atoms with E-state index in [1.807, 2.05) is 6.07 Å². The predicted molar refractivity (Wildman–Crippen MR) is 116 cm³/mol. The van der Waals surface area contributed by atoms with Gasteiger partial charge in [0.1, 0.15) is 11.6 Å². The molecule has 4 rings (SSSR count). The van der Waals surface area contributed by atoms with Gasteiger partial charge in [-0.25, -0.2) is 4.79 Å². The molecule has 158 valence electrons. The Bertz CT molecular complexity index is 1390. The van der Waals surface area contributed by atoms with E-state index < -0.39 is 5.97 Å². The molecule has 32 heavy (non-hydrogen) atoms. The van der Waals surface area contributed by atoms with Gasteiger partial charge in [0.05, 0.1) is 11.8 Å². The number of carboxylic acid groups (broad SMARTS) is 1. The molecule has 4 aromatic rings. The van der Waals surface area contributed by atoms with Crippen LogP contribution >= 0.6 is 0 Å². The summed E-state index contributed by atoms with van der Waals surface area (Å²) >= 11 is 0. The summed E-state index contributed by atoms with van der Waals surface area (Å²) in [5.41, 5.74) is 2.28. The molecular formula is C21H16N8O3. The number of carboxylic acids is 1. The highest BCUT2D eigenvalue weighted by Crippen LogP contribution is 2.23. The van der Waals surface area contributed by atoms with Crippen LogP contribution in [0.25, 0.3) is 5.65 Å². The number of aromatic carboxylic acids is 1. The predicted octanol–water partition coefficient (Wildman–Crippen LogP) is 3.14. The zero-order valence-corrected chi connectivity index (χ0v) is 16.7. The third kappa shape index (κ3) is 4.29. The van der Waals surface area contributed by atoms with E-state index in [1.54, 1.807) is 36.4 Å². The van der Waals surface area contributed by atoms with Crippen molar-refractivity contribution < 1.29 is 14.7 Å². The van der Waals surface area contributed by atoms with Crippen LogP contribution in [-0.4, -0.2) is 36.6 Å². The summed E-state index contributed by atoms with van der Waals surface area (Å²) in [7, 11) is 0. The van der Waals surface area contributed by atoms with Crippen molar-refractivity contribution in [1.82, 2.24) is 19.6 Å². The van der Waals surface area contributed by atoms with Crippen molar-refractivity contribution in [3.05, 3.63) is 65.9 Å². The maximum atomic E-state index is 11.3. The molecule has 4 N–H and O–H groups in total. The Morgan fingerprint density at radius 2 is 1.75 bits per heavy atom. The Labute approximate surface area is 181 Å². The molecule has 0 bridgehead atoms. The van der Waals surface area contributed by atoms with Gasteiger partial charge in [-0.1, -0.05) is 12.1 Å². The quantitative estimate of drug-likeness (QED) is 0.362. The first-order valence-corrected chi connectivity index (χ1v) is 9.34. The largest absolute Gasteiger partial charge is 0.478 e. The van der Waals surface area contributed by atoms with E-state index in [2.05, 4.69) is 31.0 Å². The minimum absolute atomic E-state index is 0.103. The highest BCUT2D eigenvalue weighted by atomic mass is 16.4. The number of amides is 1. The van der Waals surface area contributed by atoms with Crippen LogP contribution in [0.5, 0.6) is 0 Å². The van der Waals surface area contributed by atoms with Crippen LogP contribution < -0.4 is 16.0 Å². The molecule has 2 heterocycles. The summed E-state index contributed by atoms with van der Waals surface area (Å²) in [4.78, 5) is 31.4. The Morgan fingerprint density at radius 3 is 2.47 bits per heavy atom. The van der Waals surface area contributed by atoms with E-state index in [0.29, 0.717) is 17.1 Å². The number of hydrogen-bond donors (Lipinski definition) is 4. The van der Waals surface area contributed by atoms with Gasteiger partial charge in [0, 0.05) is 24.0 Å². The average molecular weight is 428 g/mol. The molecule has 11 nitrogen and oxygen atoms in total. The molecule has 2 aromatic carbocycles. The summed E-state index contributed by atoms with van der Waals surface area (Å²) in [6.07, 6.45) is 1.37. The molecule has 0 aliphatic carbocycles. The molecule has 11 heteroatoms. The monoisotopic (exact) mass is 428 g/mol. The third-order valence-electron chi connectivity index (χ3n) is 4.29. The average Bonchev–Trinajstić information content (AvgIpc) is 3.17. The number of rotatable bonds is 6. The molecular weight excluding hydrogens is 412 g/mol. The van der Waals surface area contributed by atoms with Crippen LogP contribution in [0.1, 0.15) is 22.8 Å². The molecule has 2 aromatic heterocycles. The zero-order chi connectivity index (χ0) is 22.7. The summed E-state index contributed by atoms with van der Waals surface area (Å²) in [5, 5.41) is 31.5. The number of fused-ring (bicyclic) bond motifs is 1. The molecule has 0 saturated heterocycles. The molecule has 1 amide bonds. The van der Waals surface area contributed by atoms with Gasteiger partial charge in [0.15, 0.2) is 5.65 Å². The van der Waals surface area contributed by atoms with Crippen molar-refractivity contribution in [3.8, 4) is 6.07 Å². The van der Waals surface area contributed by atoms with Crippen molar-refractivity contribution in [2.75, 3.05) is 16.0 Å². The standard InChI is InChI=1S/C21H16N8O3/c1-12(30)24-16-6-3-7-17(9-16)25-20-27-18-14(10-22)11-23-29(18)21(28-20)26-15-5-2-4-13(8-15)19(31)32/h2-9,11H,1H3,(H,24,30)(H,31,32)(H2,25,26,27,28). The van der Waals surface area contributed by atoms with E-state index in [-0.39, 0.29) is 34.6 Å². The van der Waals surface area contributed by atoms with E-state index in [0.717, 1.165) is 0 Å². The highest BCUT2D eigenvalue weighted by Gasteiger charge is 2.14. The highest BCUT2D eigenvalue weighted by molar-refractivity contribution is 5.89. The second kappa shape index (κ2) is 8.41. The lowest BCUT2D eigenvalue weighted by atomic mass is 10.2. The van der Waals surface area contributed by atoms with Gasteiger partial charge < -0.3 is 21.1 Å². The molecule has 0 fully saturated rings. The molecule has 0 unspecified atom stereocenters. The number of benzene rings is 2. The normalized spacial score (nSPS) is 10.4. The number of carbonyl (C=O) groups is 2. The summed E-state index contributed by atoms with van der Waals surface area (Å²) in [6.45, 7) is 1.41. The number of nitrogens with one attached hydrogen (secondary N) is 3. The zero-order valence-electron chi connectivity index (χ0n) is 16.7. The van der Waals surface area contributed by atoms with E-state index in [4.69, 9.17) is 0 Å². The van der Waals surface area contributed by atoms with Crippen molar-refractivity contribution in [2.24, 2.45) is 0 Å². The molecule has 0 aliphatic heterocycles. The number of anilines is 5. The van der Waals surface area contributed by atoms with Crippen molar-refractivity contribution in [2.45, 2.75) is 6.92 Å². The van der Waals surface area contributed by atoms with Gasteiger partial charge in [0.2, 0.25) is 17.8 Å². The Hall–Kier alpha value is -4.98. The maximum absolute atomic E-state index is 11.3. The first kappa shape index (κ1) is 20.3. The fourth-order valence-electron chi connectivity index (χ4n) is 2.96. The lowest BCUT2D eigenvalue weighted by Crippen LogP contribution is -2.09. The van der Waals surface area contributed by atoms with Crippen molar-refractivity contribution in [1.29, 1.82) is 5.26 Å². The van der Waals surface area contributed by atoms with Gasteiger partial charge in [0.25, 0.3) is 0 Å². The summed E-state index contributed by atoms with van der Waals surface area (Å²) in [5.74, 6) is -0.868. The van der Waals surface area contributed by atoms with Gasteiger partial charge in [-0.05, 0) is 36.4 Å². The molecule has 0 radical (unpaired) electrons. The maximum Gasteiger partial charge on any atom is 0.335 e. The lowest BCUT2D eigenvalue weighted by molar-refractivity contribution is -0.114. The SMILES string of the molecule is CC(=O)Nc1cccc(Nc2nc(Nc3cccc(C(=O)O)c3)n3ncc(C#N)c3n2)c1. The minimum Gasteiger partial charge on any atom is -0.478 e. The van der Waals surface area contributed by atoms with Crippen LogP contribution in [0.15, 0.2) is 54.7 Å². The van der Waals surface area contributed by atoms with E-state index in [9.17, 15) is 20.0 Å². The van der Waals surface area contributed by atoms with Crippen molar-refractivity contribution in [3.63, 3.8) is 0 Å². The fourth-order valence-corrected chi connectivity index (χ4v) is 2.96. The van der Waals surface area contributed by atoms with E-state index in [1.165, 1.54) is 29.8 Å². The number of nitrogens with zero attached hydrogens (tertiary/aromatic N) is 5. The van der Waals surface area contributed by atoms with Crippen LogP contribution in [0.2, 0.25) is 0 Å². The van der Waals surface area contributed by atoms with Gasteiger partial charge in [-0.3, -0.25) is 4.79 Å². The molecule has 0 saturated carbocycles. The molecule has 0 atom stereocenters. The second-order valence-corrected chi connectivity index (χ2v) is 6.67. The van der Waals surface area contributed by atoms with Gasteiger partial charge in [-0.15, -0.1) is 0 Å². The fraction of sp³-hybridized carbons (Fsp3) is 0.0476. The number of nitriles is 1. The number of aromatic nitrogens is 4. The minimum atomic E-state index is -1.06. The smallest absolute Gasteiger partial charge is 0.335 e. The Kier molecular flexibility index (Phi) is 5.33. The van der Waals surface area contributed by atoms with Crippen LogP contribution in [0.3, 0.4) is 0 Å². The molecule has 0 aliphatic rings. The van der Waals surface area contributed by atoms with Crippen LogP contribution in [-0.2, 0) is 4.79 Å². The number of hydrogen-bond acceptors (Lipinski definition) is 8. The van der Waals surface area contributed by atoms with E-state index >= 15 is 0 Å². The molecule has 0 spiro atoms. The first-order chi connectivity index (χ1) is 15.4. The topological polar surface area (TPSA) is 157 Å². The summed E-state index contributed by atoms with van der Waals surface area (Å²) < 4.78 is 1.35. The van der Waals surface area contributed by atoms with Gasteiger partial charge >= 0.3 is 5.97 Å². The lowest BCUT2D eigenvalue weighted by Gasteiger charge is -2.12. The number of carbonyl (C=O) groups excluding carboxylic acids is 1. The van der Waals surface area contributed by atoms with Crippen LogP contribution in [0, 0.1) is 11.3 Å². The van der Waals surface area contributed by atoms with Crippen LogP contribution in [0.4, 0.5) is 29.0 Å². The summed E-state index contributed by atoms with van der Waals surface area (Å²) in [6, 6.07) is 15.2. The first-order valence-electron chi connectivity index (χ1n) is 9.34. The Morgan fingerprint density at radius 1 is 1.03 bits per heavy atom.